The predicted octanol–water partition coefficient (Wildman–Crippen LogP) is 4.71. The number of aromatic carboxylic acids is 1. The number of hydrogen-bond donors (Lipinski definition) is 2. The molecular weight excluding hydrogens is 390 g/mol. The number of hydrogen-bond acceptors (Lipinski definition) is 4. The molecular formula is C25H27N3O3. The topological polar surface area (TPSA) is 78.1 Å². The van der Waals surface area contributed by atoms with E-state index in [0.29, 0.717) is 5.56 Å². The third-order valence-corrected chi connectivity index (χ3v) is 6.43. The summed E-state index contributed by atoms with van der Waals surface area (Å²) in [4.78, 5) is 18.9. The quantitative estimate of drug-likeness (QED) is 0.570. The van der Waals surface area contributed by atoms with Crippen LogP contribution in [-0.2, 0) is 13.6 Å². The van der Waals surface area contributed by atoms with Crippen LogP contribution >= 0.6 is 0 Å². The summed E-state index contributed by atoms with van der Waals surface area (Å²) in [5, 5.41) is 21.1. The van der Waals surface area contributed by atoms with Crippen LogP contribution in [0.5, 0.6) is 5.88 Å². The van der Waals surface area contributed by atoms with Gasteiger partial charge in [0.2, 0.25) is 5.88 Å². The second-order valence-corrected chi connectivity index (χ2v) is 8.72. The Morgan fingerprint density at radius 1 is 1.10 bits per heavy atom. The van der Waals surface area contributed by atoms with Gasteiger partial charge in [0, 0.05) is 24.9 Å². The van der Waals surface area contributed by atoms with Gasteiger partial charge in [-0.05, 0) is 74.7 Å². The zero-order chi connectivity index (χ0) is 21.5. The van der Waals surface area contributed by atoms with Gasteiger partial charge in [-0.2, -0.15) is 0 Å². The molecule has 1 aliphatic heterocycles. The van der Waals surface area contributed by atoms with E-state index >= 15 is 0 Å². The zero-order valence-corrected chi connectivity index (χ0v) is 17.7. The fraction of sp³-hybridized carbons (Fsp3) is 0.360. The van der Waals surface area contributed by atoms with E-state index in [1.807, 2.05) is 12.1 Å². The van der Waals surface area contributed by atoms with Crippen molar-refractivity contribution >= 4 is 28.3 Å². The van der Waals surface area contributed by atoms with Gasteiger partial charge in [-0.15, -0.1) is 0 Å². The first-order valence-corrected chi connectivity index (χ1v) is 11.0. The maximum Gasteiger partial charge on any atom is 0.335 e. The molecule has 0 atom stereocenters. The second kappa shape index (κ2) is 7.85. The summed E-state index contributed by atoms with van der Waals surface area (Å²) in [7, 11) is 1.79. The predicted molar refractivity (Wildman–Crippen MR) is 121 cm³/mol. The molecule has 0 bridgehead atoms. The van der Waals surface area contributed by atoms with Crippen LogP contribution in [-0.4, -0.2) is 44.5 Å². The Balaban J connectivity index is 1.53. The molecule has 2 aromatic carbocycles. The van der Waals surface area contributed by atoms with Gasteiger partial charge in [0.05, 0.1) is 28.0 Å². The van der Waals surface area contributed by atoms with Gasteiger partial charge >= 0.3 is 5.97 Å². The molecule has 1 aromatic heterocycles. The smallest absolute Gasteiger partial charge is 0.335 e. The molecule has 0 unspecified atom stereocenters. The monoisotopic (exact) mass is 417 g/mol. The SMILES string of the molecule is Cn1c(O)c(C(=Nc2ccc(CN3CCCC3)cc2)C2CC2)c2cc(C(=O)O)ccc21. The number of rotatable bonds is 6. The number of aryl methyl sites for hydroxylation is 1. The van der Waals surface area contributed by atoms with Crippen molar-refractivity contribution in [1.29, 1.82) is 0 Å². The fourth-order valence-electron chi connectivity index (χ4n) is 4.54. The normalized spacial score (nSPS) is 17.5. The van der Waals surface area contributed by atoms with Crippen LogP contribution in [0.15, 0.2) is 47.5 Å². The molecule has 0 amide bonds. The van der Waals surface area contributed by atoms with Crippen LogP contribution < -0.4 is 0 Å². The molecule has 6 heteroatoms. The number of aromatic hydroxyl groups is 1. The molecule has 2 aliphatic rings. The second-order valence-electron chi connectivity index (χ2n) is 8.72. The number of aromatic nitrogens is 1. The molecule has 31 heavy (non-hydrogen) atoms. The van der Waals surface area contributed by atoms with Crippen LogP contribution in [0, 0.1) is 5.92 Å². The third-order valence-electron chi connectivity index (χ3n) is 6.43. The Kier molecular flexibility index (Phi) is 5.02. The number of likely N-dealkylation sites (tertiary alicyclic amines) is 1. The van der Waals surface area contributed by atoms with E-state index in [4.69, 9.17) is 4.99 Å². The summed E-state index contributed by atoms with van der Waals surface area (Å²) >= 11 is 0. The van der Waals surface area contributed by atoms with Crippen molar-refractivity contribution in [2.45, 2.75) is 32.2 Å². The molecule has 2 fully saturated rings. The highest BCUT2D eigenvalue weighted by molar-refractivity contribution is 6.16. The zero-order valence-electron chi connectivity index (χ0n) is 17.7. The lowest BCUT2D eigenvalue weighted by Crippen LogP contribution is -2.18. The van der Waals surface area contributed by atoms with E-state index in [1.165, 1.54) is 31.5 Å². The Bertz CT molecular complexity index is 1170. The lowest BCUT2D eigenvalue weighted by atomic mass is 10.0. The Morgan fingerprint density at radius 2 is 1.81 bits per heavy atom. The average Bonchev–Trinajstić information content (AvgIpc) is 3.43. The van der Waals surface area contributed by atoms with Crippen molar-refractivity contribution in [3.8, 4) is 5.88 Å². The lowest BCUT2D eigenvalue weighted by Gasteiger charge is -2.14. The Labute approximate surface area is 181 Å². The van der Waals surface area contributed by atoms with Crippen molar-refractivity contribution in [1.82, 2.24) is 9.47 Å². The van der Waals surface area contributed by atoms with Crippen LogP contribution in [0.25, 0.3) is 10.9 Å². The molecule has 6 nitrogen and oxygen atoms in total. The minimum atomic E-state index is -0.977. The fourth-order valence-corrected chi connectivity index (χ4v) is 4.54. The van der Waals surface area contributed by atoms with Gasteiger partial charge in [0.15, 0.2) is 0 Å². The molecule has 2 heterocycles. The molecule has 5 rings (SSSR count). The maximum absolute atomic E-state index is 11.5. The lowest BCUT2D eigenvalue weighted by molar-refractivity contribution is 0.0697. The third kappa shape index (κ3) is 3.83. The number of carboxylic acid groups (broad SMARTS) is 1. The number of nitrogens with zero attached hydrogens (tertiary/aromatic N) is 3. The van der Waals surface area contributed by atoms with Crippen LogP contribution in [0.4, 0.5) is 5.69 Å². The highest BCUT2D eigenvalue weighted by Crippen LogP contribution is 2.41. The summed E-state index contributed by atoms with van der Waals surface area (Å²) in [6.07, 6.45) is 4.62. The summed E-state index contributed by atoms with van der Waals surface area (Å²) in [5.74, 6) is -0.558. The van der Waals surface area contributed by atoms with E-state index in [1.54, 1.807) is 29.8 Å². The van der Waals surface area contributed by atoms with Crippen LogP contribution in [0.2, 0.25) is 0 Å². The van der Waals surface area contributed by atoms with E-state index in [0.717, 1.165) is 41.7 Å². The largest absolute Gasteiger partial charge is 0.494 e. The van der Waals surface area contributed by atoms with Gasteiger partial charge in [-0.1, -0.05) is 12.1 Å². The molecule has 1 aliphatic carbocycles. The molecule has 0 spiro atoms. The Morgan fingerprint density at radius 3 is 2.45 bits per heavy atom. The van der Waals surface area contributed by atoms with Gasteiger partial charge in [-0.25, -0.2) is 4.79 Å². The molecule has 1 saturated carbocycles. The average molecular weight is 418 g/mol. The number of aliphatic imine (C=N–C) groups is 1. The summed E-state index contributed by atoms with van der Waals surface area (Å²) in [5.41, 5.74) is 4.65. The van der Waals surface area contributed by atoms with E-state index in [2.05, 4.69) is 17.0 Å². The number of fused-ring (bicyclic) bond motifs is 1. The first kappa shape index (κ1) is 19.8. The molecule has 2 N–H and O–H groups in total. The summed E-state index contributed by atoms with van der Waals surface area (Å²) in [6, 6.07) is 13.3. The minimum Gasteiger partial charge on any atom is -0.494 e. The van der Waals surface area contributed by atoms with Crippen molar-refractivity contribution in [2.75, 3.05) is 13.1 Å². The molecule has 160 valence electrons. The van der Waals surface area contributed by atoms with Crippen molar-refractivity contribution in [3.05, 3.63) is 59.2 Å². The molecule has 3 aromatic rings. The van der Waals surface area contributed by atoms with Gasteiger partial charge in [0.25, 0.3) is 0 Å². The summed E-state index contributed by atoms with van der Waals surface area (Å²) in [6.45, 7) is 3.32. The van der Waals surface area contributed by atoms with Gasteiger partial charge in [-0.3, -0.25) is 9.89 Å². The number of benzene rings is 2. The molecule has 0 radical (unpaired) electrons. The minimum absolute atomic E-state index is 0.133. The number of carboxylic acids is 1. The summed E-state index contributed by atoms with van der Waals surface area (Å²) < 4.78 is 1.70. The van der Waals surface area contributed by atoms with Crippen LogP contribution in [0.3, 0.4) is 0 Å². The standard InChI is InChI=1S/C25H27N3O3/c1-27-21-11-8-18(25(30)31)14-20(21)22(24(27)29)23(17-6-7-17)26-19-9-4-16(5-10-19)15-28-12-2-3-13-28/h4-5,8-11,14,17,29H,2-3,6-7,12-13,15H2,1H3,(H,30,31). The first-order chi connectivity index (χ1) is 15.0. The van der Waals surface area contributed by atoms with Crippen molar-refractivity contribution < 1.29 is 15.0 Å². The van der Waals surface area contributed by atoms with Gasteiger partial charge in [0.1, 0.15) is 0 Å². The maximum atomic E-state index is 11.5. The van der Waals surface area contributed by atoms with E-state index < -0.39 is 5.97 Å². The first-order valence-electron chi connectivity index (χ1n) is 11.0. The highest BCUT2D eigenvalue weighted by Gasteiger charge is 2.33. The number of carbonyl (C=O) groups is 1. The molecule has 1 saturated heterocycles. The van der Waals surface area contributed by atoms with E-state index in [9.17, 15) is 15.0 Å². The van der Waals surface area contributed by atoms with Crippen molar-refractivity contribution in [2.24, 2.45) is 18.0 Å². The highest BCUT2D eigenvalue weighted by atomic mass is 16.4. The van der Waals surface area contributed by atoms with Crippen LogP contribution in [0.1, 0.15) is 47.2 Å². The van der Waals surface area contributed by atoms with E-state index in [-0.39, 0.29) is 17.4 Å². The van der Waals surface area contributed by atoms with Gasteiger partial charge < -0.3 is 14.8 Å². The van der Waals surface area contributed by atoms with Crippen molar-refractivity contribution in [3.63, 3.8) is 0 Å². The Hall–Kier alpha value is -3.12.